The maximum absolute atomic E-state index is 11.9. The van der Waals surface area contributed by atoms with Crippen LogP contribution < -0.4 is 5.32 Å². The number of carbonyl (C=O) groups excluding carboxylic acids is 2. The molecule has 0 aliphatic carbocycles. The molecule has 112 valence electrons. The minimum atomic E-state index is -0.219. The summed E-state index contributed by atoms with van der Waals surface area (Å²) in [7, 11) is 0. The molecule has 2 N–H and O–H groups in total. The summed E-state index contributed by atoms with van der Waals surface area (Å²) < 4.78 is 4.83. The minimum absolute atomic E-state index is 0.0383. The monoisotopic (exact) mass is 288 g/mol. The number of hydrogen-bond donors (Lipinski definition) is 2. The molecule has 0 radical (unpaired) electrons. The maximum Gasteiger partial charge on any atom is 0.305 e. The summed E-state index contributed by atoms with van der Waals surface area (Å²) in [6.45, 7) is 2.66. The first-order valence-corrected chi connectivity index (χ1v) is 7.18. The van der Waals surface area contributed by atoms with E-state index in [-0.39, 0.29) is 11.9 Å². The number of fused-ring (bicyclic) bond motifs is 1. The predicted octanol–water partition coefficient (Wildman–Crippen LogP) is 2.17. The normalized spacial score (nSPS) is 10.5. The molecule has 0 atom stereocenters. The summed E-state index contributed by atoms with van der Waals surface area (Å²) >= 11 is 0. The maximum atomic E-state index is 11.9. The summed E-state index contributed by atoms with van der Waals surface area (Å²) in [5, 5.41) is 3.89. The number of ether oxygens (including phenoxy) is 1. The van der Waals surface area contributed by atoms with Crippen LogP contribution in [-0.4, -0.2) is 30.0 Å². The van der Waals surface area contributed by atoms with Crippen molar-refractivity contribution < 1.29 is 14.3 Å². The molecular formula is C16H20N2O3. The molecule has 5 heteroatoms. The van der Waals surface area contributed by atoms with Gasteiger partial charge in [-0.2, -0.15) is 0 Å². The van der Waals surface area contributed by atoms with Gasteiger partial charge in [0.15, 0.2) is 0 Å². The van der Waals surface area contributed by atoms with Crippen LogP contribution in [0.5, 0.6) is 0 Å². The molecule has 2 rings (SSSR count). The molecule has 5 nitrogen and oxygen atoms in total. The lowest BCUT2D eigenvalue weighted by atomic mass is 10.1. The lowest BCUT2D eigenvalue weighted by Crippen LogP contribution is -2.26. The van der Waals surface area contributed by atoms with Gasteiger partial charge in [-0.25, -0.2) is 0 Å². The molecule has 0 fully saturated rings. The van der Waals surface area contributed by atoms with Gasteiger partial charge in [0.2, 0.25) is 5.91 Å². The highest BCUT2D eigenvalue weighted by atomic mass is 16.5. The number of nitrogens with one attached hydrogen (secondary N) is 2. The van der Waals surface area contributed by atoms with Crippen molar-refractivity contribution >= 4 is 22.8 Å². The van der Waals surface area contributed by atoms with Crippen molar-refractivity contribution in [2.45, 2.75) is 26.2 Å². The van der Waals surface area contributed by atoms with Gasteiger partial charge in [0.25, 0.3) is 0 Å². The predicted molar refractivity (Wildman–Crippen MR) is 80.9 cm³/mol. The standard InChI is InChI=1S/C16H20N2O3/c1-2-21-16(20)8-5-9-17-15(19)10-12-11-18-14-7-4-3-6-13(12)14/h3-4,6-7,11,18H,2,5,8-10H2,1H3,(H,17,19). The van der Waals surface area contributed by atoms with Crippen LogP contribution in [0.15, 0.2) is 30.5 Å². The minimum Gasteiger partial charge on any atom is -0.466 e. The second-order valence-electron chi connectivity index (χ2n) is 4.79. The van der Waals surface area contributed by atoms with Gasteiger partial charge < -0.3 is 15.0 Å². The molecule has 0 saturated heterocycles. The smallest absolute Gasteiger partial charge is 0.305 e. The van der Waals surface area contributed by atoms with Gasteiger partial charge in [-0.15, -0.1) is 0 Å². The molecule has 21 heavy (non-hydrogen) atoms. The van der Waals surface area contributed by atoms with Crippen LogP contribution in [0.1, 0.15) is 25.3 Å². The number of para-hydroxylation sites is 1. The lowest BCUT2D eigenvalue weighted by molar-refractivity contribution is -0.143. The summed E-state index contributed by atoms with van der Waals surface area (Å²) in [4.78, 5) is 26.2. The van der Waals surface area contributed by atoms with Gasteiger partial charge in [-0.05, 0) is 25.0 Å². The highest BCUT2D eigenvalue weighted by molar-refractivity contribution is 5.88. The van der Waals surface area contributed by atoms with Crippen molar-refractivity contribution in [1.29, 1.82) is 0 Å². The molecule has 0 aliphatic rings. The number of rotatable bonds is 7. The molecule has 0 aliphatic heterocycles. The van der Waals surface area contributed by atoms with Crippen LogP contribution in [0.3, 0.4) is 0 Å². The Bertz CT molecular complexity index is 619. The Morgan fingerprint density at radius 1 is 1.29 bits per heavy atom. The summed E-state index contributed by atoms with van der Waals surface area (Å²) in [6, 6.07) is 7.89. The number of carbonyl (C=O) groups is 2. The lowest BCUT2D eigenvalue weighted by Gasteiger charge is -2.05. The van der Waals surface area contributed by atoms with Crippen molar-refractivity contribution in [3.8, 4) is 0 Å². The van der Waals surface area contributed by atoms with Gasteiger partial charge in [-0.1, -0.05) is 18.2 Å². The summed E-state index contributed by atoms with van der Waals surface area (Å²) in [5.74, 6) is -0.257. The molecule has 0 bridgehead atoms. The first kappa shape index (κ1) is 15.1. The number of H-pyrrole nitrogens is 1. The Morgan fingerprint density at radius 2 is 2.10 bits per heavy atom. The first-order chi connectivity index (χ1) is 10.2. The number of amides is 1. The largest absolute Gasteiger partial charge is 0.466 e. The second-order valence-corrected chi connectivity index (χ2v) is 4.79. The Morgan fingerprint density at radius 3 is 2.90 bits per heavy atom. The zero-order valence-corrected chi connectivity index (χ0v) is 12.1. The van der Waals surface area contributed by atoms with Crippen molar-refractivity contribution in [1.82, 2.24) is 10.3 Å². The van der Waals surface area contributed by atoms with Crippen molar-refractivity contribution in [3.05, 3.63) is 36.0 Å². The van der Waals surface area contributed by atoms with E-state index in [1.165, 1.54) is 0 Å². The van der Waals surface area contributed by atoms with Gasteiger partial charge in [0.1, 0.15) is 0 Å². The van der Waals surface area contributed by atoms with E-state index in [0.29, 0.717) is 32.4 Å². The Kier molecular flexibility index (Phi) is 5.37. The fourth-order valence-corrected chi connectivity index (χ4v) is 2.21. The Balaban J connectivity index is 1.76. The van der Waals surface area contributed by atoms with E-state index >= 15 is 0 Å². The van der Waals surface area contributed by atoms with Gasteiger partial charge in [0.05, 0.1) is 13.0 Å². The van der Waals surface area contributed by atoms with Crippen LogP contribution in [0.4, 0.5) is 0 Å². The molecular weight excluding hydrogens is 268 g/mol. The molecule has 0 unspecified atom stereocenters. The van der Waals surface area contributed by atoms with Gasteiger partial charge >= 0.3 is 5.97 Å². The number of hydrogen-bond acceptors (Lipinski definition) is 3. The molecule has 1 aromatic carbocycles. The van der Waals surface area contributed by atoms with Crippen LogP contribution in [0.25, 0.3) is 10.9 Å². The van der Waals surface area contributed by atoms with E-state index in [1.807, 2.05) is 30.5 Å². The Labute approximate surface area is 123 Å². The van der Waals surface area contributed by atoms with Crippen molar-refractivity contribution in [3.63, 3.8) is 0 Å². The van der Waals surface area contributed by atoms with Crippen LogP contribution in [0, 0.1) is 0 Å². The quantitative estimate of drug-likeness (QED) is 0.606. The topological polar surface area (TPSA) is 71.2 Å². The highest BCUT2D eigenvalue weighted by Gasteiger charge is 2.08. The molecule has 0 spiro atoms. The third-order valence-corrected chi connectivity index (χ3v) is 3.21. The van der Waals surface area contributed by atoms with E-state index < -0.39 is 0 Å². The van der Waals surface area contributed by atoms with Gasteiger partial charge in [-0.3, -0.25) is 9.59 Å². The average Bonchev–Trinajstić information content (AvgIpc) is 2.87. The second kappa shape index (κ2) is 7.47. The molecule has 1 amide bonds. The van der Waals surface area contributed by atoms with Crippen molar-refractivity contribution in [2.75, 3.05) is 13.2 Å². The van der Waals surface area contributed by atoms with E-state index in [0.717, 1.165) is 16.5 Å². The number of benzene rings is 1. The van der Waals surface area contributed by atoms with Crippen LogP contribution in [-0.2, 0) is 20.7 Å². The zero-order valence-electron chi connectivity index (χ0n) is 12.1. The average molecular weight is 288 g/mol. The number of aromatic amines is 1. The first-order valence-electron chi connectivity index (χ1n) is 7.18. The summed E-state index contributed by atoms with van der Waals surface area (Å²) in [5.41, 5.74) is 2.01. The Hall–Kier alpha value is -2.30. The fourth-order valence-electron chi connectivity index (χ4n) is 2.21. The van der Waals surface area contributed by atoms with Crippen molar-refractivity contribution in [2.24, 2.45) is 0 Å². The van der Waals surface area contributed by atoms with Gasteiger partial charge in [0, 0.05) is 30.1 Å². The SMILES string of the molecule is CCOC(=O)CCCNC(=O)Cc1c[nH]c2ccccc12. The molecule has 1 aromatic heterocycles. The summed E-state index contributed by atoms with van der Waals surface area (Å²) in [6.07, 6.45) is 3.13. The highest BCUT2D eigenvalue weighted by Crippen LogP contribution is 2.17. The van der Waals surface area contributed by atoms with E-state index in [9.17, 15) is 9.59 Å². The number of aromatic nitrogens is 1. The zero-order chi connectivity index (χ0) is 15.1. The van der Waals surface area contributed by atoms with Crippen LogP contribution >= 0.6 is 0 Å². The van der Waals surface area contributed by atoms with E-state index in [4.69, 9.17) is 4.74 Å². The molecule has 1 heterocycles. The molecule has 2 aromatic rings. The fraction of sp³-hybridized carbons (Fsp3) is 0.375. The third-order valence-electron chi connectivity index (χ3n) is 3.21. The van der Waals surface area contributed by atoms with E-state index in [1.54, 1.807) is 6.92 Å². The number of esters is 1. The third kappa shape index (κ3) is 4.34. The van der Waals surface area contributed by atoms with Crippen LogP contribution in [0.2, 0.25) is 0 Å². The van der Waals surface area contributed by atoms with E-state index in [2.05, 4.69) is 10.3 Å². The molecule has 0 saturated carbocycles.